The van der Waals surface area contributed by atoms with Gasteiger partial charge in [0.15, 0.2) is 0 Å². The van der Waals surface area contributed by atoms with Gasteiger partial charge in [0.2, 0.25) is 0 Å². The third-order valence-electron chi connectivity index (χ3n) is 5.38. The molecule has 0 heterocycles. The van der Waals surface area contributed by atoms with Gasteiger partial charge in [0.05, 0.1) is 0 Å². The Morgan fingerprint density at radius 2 is 1.72 bits per heavy atom. The van der Waals surface area contributed by atoms with Crippen LogP contribution in [0.25, 0.3) is 21.5 Å². The van der Waals surface area contributed by atoms with E-state index in [1.54, 1.807) is 0 Å². The molecule has 0 N–H and O–H groups in total. The van der Waals surface area contributed by atoms with E-state index in [0.29, 0.717) is 5.41 Å². The molecule has 4 rings (SSSR count). The fraction of sp³-hybridized carbons (Fsp3) is 0.333. The van der Waals surface area contributed by atoms with Crippen LogP contribution >= 0.6 is 11.8 Å². The summed E-state index contributed by atoms with van der Waals surface area (Å²) in [5.74, 6) is 0.852. The fourth-order valence-corrected chi connectivity index (χ4v) is 5.50. The number of thioether (sulfide) groups is 1. The van der Waals surface area contributed by atoms with E-state index in [4.69, 9.17) is 0 Å². The molecule has 1 heteroatoms. The molecule has 1 fully saturated rings. The van der Waals surface area contributed by atoms with E-state index < -0.39 is 0 Å². The van der Waals surface area contributed by atoms with Crippen LogP contribution in [0.3, 0.4) is 0 Å². The van der Waals surface area contributed by atoms with Gasteiger partial charge in [-0.2, -0.15) is 0 Å². The summed E-state index contributed by atoms with van der Waals surface area (Å²) < 4.78 is 0. The van der Waals surface area contributed by atoms with E-state index >= 15 is 0 Å². The molecule has 1 saturated carbocycles. The van der Waals surface area contributed by atoms with E-state index in [2.05, 4.69) is 92.9 Å². The van der Waals surface area contributed by atoms with Gasteiger partial charge in [0.1, 0.15) is 0 Å². The lowest BCUT2D eigenvalue weighted by atomic mass is 9.84. The van der Waals surface area contributed by atoms with Crippen molar-refractivity contribution in [1.29, 1.82) is 0 Å². The Bertz CT molecular complexity index is 922. The van der Waals surface area contributed by atoms with Crippen molar-refractivity contribution in [3.05, 3.63) is 67.3 Å². The largest absolute Gasteiger partial charge is 0.122 e. The fourth-order valence-electron chi connectivity index (χ4n) is 4.04. The zero-order valence-corrected chi connectivity index (χ0v) is 16.0. The highest BCUT2D eigenvalue weighted by atomic mass is 32.2. The van der Waals surface area contributed by atoms with Crippen LogP contribution in [-0.4, -0.2) is 5.25 Å². The standard InChI is InChI=1S/C24H26S/c1-4-13-24(2,3)16-18-15-22(18)25-23-14-17-9-5-6-10-19(17)20-11-7-8-12-21(20)23/h4-12,14,18,22H,1,13,15-16H2,2-3H3. The number of allylic oxidation sites excluding steroid dienone is 1. The molecule has 1 aliphatic carbocycles. The van der Waals surface area contributed by atoms with Crippen molar-refractivity contribution in [2.75, 3.05) is 0 Å². The molecule has 25 heavy (non-hydrogen) atoms. The normalized spacial score (nSPS) is 20.1. The number of hydrogen-bond donors (Lipinski definition) is 0. The van der Waals surface area contributed by atoms with Gasteiger partial charge >= 0.3 is 0 Å². The number of hydrogen-bond acceptors (Lipinski definition) is 1. The van der Waals surface area contributed by atoms with E-state index in [9.17, 15) is 0 Å². The Hall–Kier alpha value is -1.73. The zero-order valence-electron chi connectivity index (χ0n) is 15.2. The second-order valence-corrected chi connectivity index (χ2v) is 9.44. The minimum Gasteiger partial charge on any atom is -0.122 e. The third-order valence-corrected chi connectivity index (χ3v) is 6.85. The zero-order chi connectivity index (χ0) is 17.4. The van der Waals surface area contributed by atoms with Gasteiger partial charge in [0.25, 0.3) is 0 Å². The first-order valence-corrected chi connectivity index (χ1v) is 10.1. The highest BCUT2D eigenvalue weighted by Gasteiger charge is 2.41. The van der Waals surface area contributed by atoms with Gasteiger partial charge in [-0.15, -0.1) is 18.3 Å². The van der Waals surface area contributed by atoms with Crippen molar-refractivity contribution in [2.45, 2.75) is 43.3 Å². The van der Waals surface area contributed by atoms with Crippen molar-refractivity contribution in [1.82, 2.24) is 0 Å². The second-order valence-electron chi connectivity index (χ2n) is 8.15. The van der Waals surface area contributed by atoms with Crippen LogP contribution in [0.5, 0.6) is 0 Å². The summed E-state index contributed by atoms with van der Waals surface area (Å²) in [6, 6.07) is 20.0. The molecule has 0 bridgehead atoms. The second kappa shape index (κ2) is 6.53. The van der Waals surface area contributed by atoms with E-state index in [0.717, 1.165) is 17.6 Å². The van der Waals surface area contributed by atoms with E-state index in [-0.39, 0.29) is 0 Å². The lowest BCUT2D eigenvalue weighted by Gasteiger charge is -2.22. The molecule has 3 aromatic rings. The first kappa shape index (κ1) is 16.7. The van der Waals surface area contributed by atoms with Crippen LogP contribution < -0.4 is 0 Å². The van der Waals surface area contributed by atoms with Crippen LogP contribution in [0.15, 0.2) is 72.1 Å². The van der Waals surface area contributed by atoms with Crippen LogP contribution in [-0.2, 0) is 0 Å². The van der Waals surface area contributed by atoms with Gasteiger partial charge in [-0.1, -0.05) is 68.5 Å². The van der Waals surface area contributed by atoms with E-state index in [1.165, 1.54) is 39.3 Å². The maximum atomic E-state index is 3.92. The SMILES string of the molecule is C=CCC(C)(C)CC1CC1Sc1cc2ccccc2c2ccccc12. The van der Waals surface area contributed by atoms with Gasteiger partial charge in [-0.25, -0.2) is 0 Å². The molecular formula is C24H26S. The molecule has 1 aliphatic rings. The summed E-state index contributed by atoms with van der Waals surface area (Å²) in [4.78, 5) is 1.45. The van der Waals surface area contributed by atoms with Crippen molar-refractivity contribution >= 4 is 33.3 Å². The molecule has 3 aromatic carbocycles. The molecule has 0 saturated heterocycles. The Morgan fingerprint density at radius 3 is 2.48 bits per heavy atom. The van der Waals surface area contributed by atoms with Crippen LogP contribution in [0.1, 0.15) is 33.1 Å². The number of benzene rings is 3. The molecule has 0 radical (unpaired) electrons. The molecule has 128 valence electrons. The lowest BCUT2D eigenvalue weighted by Crippen LogP contribution is -2.11. The summed E-state index contributed by atoms with van der Waals surface area (Å²) >= 11 is 2.09. The van der Waals surface area contributed by atoms with Crippen molar-refractivity contribution in [3.8, 4) is 0 Å². The maximum Gasteiger partial charge on any atom is 0.0160 e. The highest BCUT2D eigenvalue weighted by molar-refractivity contribution is 8.00. The van der Waals surface area contributed by atoms with Crippen molar-refractivity contribution in [3.63, 3.8) is 0 Å². The topological polar surface area (TPSA) is 0 Å². The Morgan fingerprint density at radius 1 is 1.04 bits per heavy atom. The minimum atomic E-state index is 0.382. The number of fused-ring (bicyclic) bond motifs is 3. The quantitative estimate of drug-likeness (QED) is 0.329. The predicted molar refractivity (Wildman–Crippen MR) is 112 cm³/mol. The van der Waals surface area contributed by atoms with Gasteiger partial charge in [-0.05, 0) is 58.2 Å². The smallest absolute Gasteiger partial charge is 0.0160 e. The van der Waals surface area contributed by atoms with Crippen molar-refractivity contribution in [2.24, 2.45) is 11.3 Å². The molecular weight excluding hydrogens is 320 g/mol. The van der Waals surface area contributed by atoms with Crippen molar-refractivity contribution < 1.29 is 0 Å². The average molecular weight is 347 g/mol. The third kappa shape index (κ3) is 3.48. The van der Waals surface area contributed by atoms with E-state index in [1.807, 2.05) is 0 Å². The summed E-state index contributed by atoms with van der Waals surface area (Å²) in [5.41, 5.74) is 0.382. The monoisotopic (exact) mass is 346 g/mol. The Kier molecular flexibility index (Phi) is 4.37. The van der Waals surface area contributed by atoms with Crippen LogP contribution in [0, 0.1) is 11.3 Å². The average Bonchev–Trinajstić information content (AvgIpc) is 3.31. The van der Waals surface area contributed by atoms with Crippen LogP contribution in [0.2, 0.25) is 0 Å². The molecule has 0 aliphatic heterocycles. The van der Waals surface area contributed by atoms with Gasteiger partial charge < -0.3 is 0 Å². The first-order chi connectivity index (χ1) is 12.1. The van der Waals surface area contributed by atoms with Gasteiger partial charge in [-0.3, -0.25) is 0 Å². The molecule has 0 nitrogen and oxygen atoms in total. The number of rotatable bonds is 6. The molecule has 2 atom stereocenters. The first-order valence-electron chi connectivity index (χ1n) is 9.25. The van der Waals surface area contributed by atoms with Crippen LogP contribution in [0.4, 0.5) is 0 Å². The summed E-state index contributed by atoms with van der Waals surface area (Å²) in [7, 11) is 0. The lowest BCUT2D eigenvalue weighted by molar-refractivity contribution is 0.320. The molecule has 0 aromatic heterocycles. The maximum absolute atomic E-state index is 3.92. The summed E-state index contributed by atoms with van der Waals surface area (Å²) in [6.45, 7) is 8.67. The summed E-state index contributed by atoms with van der Waals surface area (Å²) in [5, 5.41) is 6.28. The minimum absolute atomic E-state index is 0.382. The van der Waals surface area contributed by atoms with Gasteiger partial charge in [0, 0.05) is 10.1 Å². The summed E-state index contributed by atoms with van der Waals surface area (Å²) in [6.07, 6.45) is 5.84. The predicted octanol–water partition coefficient (Wildman–Crippen LogP) is 7.47. The highest BCUT2D eigenvalue weighted by Crippen LogP contribution is 2.52. The molecule has 0 amide bonds. The Labute approximate surface area is 155 Å². The molecule has 2 unspecified atom stereocenters. The molecule has 0 spiro atoms. The Balaban J connectivity index is 1.61.